The van der Waals surface area contributed by atoms with Gasteiger partial charge < -0.3 is 13.9 Å². The summed E-state index contributed by atoms with van der Waals surface area (Å²) >= 11 is 1.80. The smallest absolute Gasteiger partial charge is 0.217 e. The summed E-state index contributed by atoms with van der Waals surface area (Å²) in [5, 5.41) is 5.79. The number of methoxy groups -OCH3 is 1. The Kier molecular flexibility index (Phi) is 4.79. The van der Waals surface area contributed by atoms with Crippen LogP contribution in [-0.2, 0) is 19.4 Å². The SMILES string of the molecule is COc1ccc(OCc2ccc(-c3nc4c5c6c(sc5ncn4n3)CCCCC6)o2)cc1. The summed E-state index contributed by atoms with van der Waals surface area (Å²) in [7, 11) is 1.64. The third kappa shape index (κ3) is 3.40. The molecule has 8 heteroatoms. The van der Waals surface area contributed by atoms with Crippen molar-refractivity contribution < 1.29 is 13.9 Å². The van der Waals surface area contributed by atoms with Gasteiger partial charge in [-0.2, -0.15) is 0 Å². The van der Waals surface area contributed by atoms with E-state index in [2.05, 4.69) is 10.1 Å². The number of rotatable bonds is 5. The third-order valence-corrected chi connectivity index (χ3v) is 7.06. The van der Waals surface area contributed by atoms with Crippen LogP contribution in [0, 0.1) is 0 Å². The molecule has 7 nitrogen and oxygen atoms in total. The lowest BCUT2D eigenvalue weighted by atomic mass is 10.1. The summed E-state index contributed by atoms with van der Waals surface area (Å²) in [6, 6.07) is 11.3. The molecule has 0 atom stereocenters. The van der Waals surface area contributed by atoms with E-state index in [1.807, 2.05) is 36.4 Å². The summed E-state index contributed by atoms with van der Waals surface area (Å²) in [5.74, 6) is 3.44. The van der Waals surface area contributed by atoms with E-state index in [9.17, 15) is 0 Å². The Morgan fingerprint density at radius 2 is 1.88 bits per heavy atom. The maximum absolute atomic E-state index is 5.99. The van der Waals surface area contributed by atoms with Crippen LogP contribution in [-0.4, -0.2) is 26.7 Å². The van der Waals surface area contributed by atoms with Crippen LogP contribution < -0.4 is 9.47 Å². The molecule has 162 valence electrons. The number of aromatic nitrogens is 4. The number of ether oxygens (including phenoxy) is 2. The average molecular weight is 447 g/mol. The van der Waals surface area contributed by atoms with Crippen molar-refractivity contribution in [2.45, 2.75) is 38.7 Å². The summed E-state index contributed by atoms with van der Waals surface area (Å²) in [5.41, 5.74) is 2.27. The monoisotopic (exact) mass is 446 g/mol. The molecule has 0 aliphatic heterocycles. The molecule has 0 amide bonds. The van der Waals surface area contributed by atoms with Crippen LogP contribution in [0.1, 0.15) is 35.5 Å². The van der Waals surface area contributed by atoms with Gasteiger partial charge in [-0.15, -0.1) is 16.4 Å². The molecular weight excluding hydrogens is 424 g/mol. The molecule has 0 spiro atoms. The first-order chi connectivity index (χ1) is 15.8. The fourth-order valence-electron chi connectivity index (χ4n) is 4.24. The molecule has 6 rings (SSSR count). The van der Waals surface area contributed by atoms with Crippen molar-refractivity contribution in [3.8, 4) is 23.1 Å². The first-order valence-corrected chi connectivity index (χ1v) is 11.6. The molecule has 0 bridgehead atoms. The van der Waals surface area contributed by atoms with Crippen LogP contribution >= 0.6 is 11.3 Å². The van der Waals surface area contributed by atoms with Gasteiger partial charge in [-0.25, -0.2) is 14.5 Å². The number of furan rings is 1. The molecule has 5 aromatic rings. The summed E-state index contributed by atoms with van der Waals surface area (Å²) in [6.07, 6.45) is 7.73. The number of hydrogen-bond donors (Lipinski definition) is 0. The topological polar surface area (TPSA) is 74.7 Å². The Labute approximate surface area is 188 Å². The highest BCUT2D eigenvalue weighted by molar-refractivity contribution is 7.19. The van der Waals surface area contributed by atoms with E-state index in [4.69, 9.17) is 18.9 Å². The number of nitrogens with zero attached hydrogens (tertiary/aromatic N) is 4. The third-order valence-electron chi connectivity index (χ3n) is 5.86. The van der Waals surface area contributed by atoms with Crippen molar-refractivity contribution >= 4 is 27.2 Å². The minimum absolute atomic E-state index is 0.323. The minimum Gasteiger partial charge on any atom is -0.497 e. The van der Waals surface area contributed by atoms with Gasteiger partial charge >= 0.3 is 0 Å². The second-order valence-electron chi connectivity index (χ2n) is 7.92. The summed E-state index contributed by atoms with van der Waals surface area (Å²) < 4.78 is 18.7. The van der Waals surface area contributed by atoms with Crippen LogP contribution in [0.15, 0.2) is 47.1 Å². The number of thiophene rings is 1. The molecule has 0 saturated heterocycles. The van der Waals surface area contributed by atoms with Crippen LogP contribution in [0.25, 0.3) is 27.4 Å². The van der Waals surface area contributed by atoms with E-state index in [-0.39, 0.29) is 0 Å². The van der Waals surface area contributed by atoms with Crippen molar-refractivity contribution in [2.24, 2.45) is 0 Å². The molecule has 4 heterocycles. The molecular formula is C24H22N4O3S. The number of fused-ring (bicyclic) bond motifs is 5. The Balaban J connectivity index is 1.28. The first-order valence-electron chi connectivity index (χ1n) is 10.8. The van der Waals surface area contributed by atoms with Crippen LogP contribution in [0.5, 0.6) is 11.5 Å². The fourth-order valence-corrected chi connectivity index (χ4v) is 5.46. The fraction of sp³-hybridized carbons (Fsp3) is 0.292. The lowest BCUT2D eigenvalue weighted by Gasteiger charge is -2.05. The highest BCUT2D eigenvalue weighted by Gasteiger charge is 2.21. The Morgan fingerprint density at radius 1 is 1.03 bits per heavy atom. The maximum atomic E-state index is 5.99. The predicted molar refractivity (Wildman–Crippen MR) is 122 cm³/mol. The van der Waals surface area contributed by atoms with E-state index in [1.54, 1.807) is 29.3 Å². The molecule has 0 fully saturated rings. The van der Waals surface area contributed by atoms with Gasteiger partial charge in [-0.1, -0.05) is 6.42 Å². The van der Waals surface area contributed by atoms with E-state index in [0.717, 1.165) is 40.2 Å². The van der Waals surface area contributed by atoms with Gasteiger partial charge in [-0.05, 0) is 67.6 Å². The van der Waals surface area contributed by atoms with Crippen molar-refractivity contribution in [3.05, 3.63) is 58.9 Å². The highest BCUT2D eigenvalue weighted by Crippen LogP contribution is 2.36. The molecule has 1 aliphatic carbocycles. The van der Waals surface area contributed by atoms with Gasteiger partial charge in [0, 0.05) is 4.88 Å². The normalized spacial score (nSPS) is 13.9. The highest BCUT2D eigenvalue weighted by atomic mass is 32.1. The molecule has 0 saturated carbocycles. The van der Waals surface area contributed by atoms with Crippen LogP contribution in [0.2, 0.25) is 0 Å². The zero-order valence-corrected chi connectivity index (χ0v) is 18.5. The molecule has 1 aromatic carbocycles. The maximum Gasteiger partial charge on any atom is 0.217 e. The first kappa shape index (κ1) is 19.3. The van der Waals surface area contributed by atoms with Crippen molar-refractivity contribution in [1.29, 1.82) is 0 Å². The Hall–Kier alpha value is -3.39. The van der Waals surface area contributed by atoms with Gasteiger partial charge in [0.2, 0.25) is 5.82 Å². The van der Waals surface area contributed by atoms with Gasteiger partial charge in [-0.3, -0.25) is 0 Å². The van der Waals surface area contributed by atoms with Gasteiger partial charge in [0.15, 0.2) is 11.4 Å². The predicted octanol–water partition coefficient (Wildman–Crippen LogP) is 5.46. The van der Waals surface area contributed by atoms with Crippen molar-refractivity contribution in [1.82, 2.24) is 19.6 Å². The number of aryl methyl sites for hydroxylation is 2. The second-order valence-corrected chi connectivity index (χ2v) is 9.01. The van der Waals surface area contributed by atoms with E-state index in [1.165, 1.54) is 29.7 Å². The number of benzene rings is 1. The van der Waals surface area contributed by atoms with Crippen LogP contribution in [0.3, 0.4) is 0 Å². The lowest BCUT2D eigenvalue weighted by molar-refractivity contribution is 0.271. The van der Waals surface area contributed by atoms with Gasteiger partial charge in [0.05, 0.1) is 12.5 Å². The molecule has 0 N–H and O–H groups in total. The lowest BCUT2D eigenvalue weighted by Crippen LogP contribution is -1.93. The van der Waals surface area contributed by atoms with Crippen molar-refractivity contribution in [3.63, 3.8) is 0 Å². The van der Waals surface area contributed by atoms with E-state index < -0.39 is 0 Å². The summed E-state index contributed by atoms with van der Waals surface area (Å²) in [6.45, 7) is 0.323. The largest absolute Gasteiger partial charge is 0.497 e. The zero-order chi connectivity index (χ0) is 21.5. The Bertz CT molecular complexity index is 1400. The van der Waals surface area contributed by atoms with E-state index in [0.29, 0.717) is 24.0 Å². The second kappa shape index (κ2) is 7.94. The molecule has 32 heavy (non-hydrogen) atoms. The molecule has 0 unspecified atom stereocenters. The quantitative estimate of drug-likeness (QED) is 0.334. The molecule has 0 radical (unpaired) electrons. The average Bonchev–Trinajstić information content (AvgIpc) is 3.51. The molecule has 1 aliphatic rings. The Morgan fingerprint density at radius 3 is 2.75 bits per heavy atom. The number of hydrogen-bond acceptors (Lipinski definition) is 7. The van der Waals surface area contributed by atoms with Crippen molar-refractivity contribution in [2.75, 3.05) is 7.11 Å². The van der Waals surface area contributed by atoms with Crippen LogP contribution in [0.4, 0.5) is 0 Å². The zero-order valence-electron chi connectivity index (χ0n) is 17.7. The minimum atomic E-state index is 0.323. The van der Waals surface area contributed by atoms with E-state index >= 15 is 0 Å². The van der Waals surface area contributed by atoms with Gasteiger partial charge in [0.25, 0.3) is 0 Å². The molecule has 4 aromatic heterocycles. The van der Waals surface area contributed by atoms with Gasteiger partial charge in [0.1, 0.15) is 35.0 Å². The standard InChI is InChI=1S/C24H22N4O3S/c1-29-15-7-9-16(10-8-15)30-13-17-11-12-19(31-17)22-26-23-21-18-5-3-2-4-6-20(18)32-24(21)25-14-28(23)27-22/h7-12,14H,2-6,13H2,1H3. The summed E-state index contributed by atoms with van der Waals surface area (Å²) in [4.78, 5) is 12.0.